The van der Waals surface area contributed by atoms with Crippen LogP contribution in [0.3, 0.4) is 0 Å². The molecule has 33 heavy (non-hydrogen) atoms. The van der Waals surface area contributed by atoms with Gasteiger partial charge in [-0.15, -0.1) is 0 Å². The van der Waals surface area contributed by atoms with Crippen molar-refractivity contribution < 1.29 is 19.1 Å². The summed E-state index contributed by atoms with van der Waals surface area (Å²) in [5.74, 6) is -0.269. The second-order valence-corrected chi connectivity index (χ2v) is 8.91. The first-order valence-corrected chi connectivity index (χ1v) is 11.0. The maximum atomic E-state index is 12.4. The van der Waals surface area contributed by atoms with E-state index in [9.17, 15) is 14.4 Å². The highest BCUT2D eigenvalue weighted by molar-refractivity contribution is 6.00. The van der Waals surface area contributed by atoms with Crippen LogP contribution in [0.1, 0.15) is 38.1 Å². The quantitative estimate of drug-likeness (QED) is 0.722. The van der Waals surface area contributed by atoms with Crippen molar-refractivity contribution in [2.45, 2.75) is 39.3 Å². The van der Waals surface area contributed by atoms with Crippen LogP contribution < -0.4 is 15.5 Å². The third-order valence-electron chi connectivity index (χ3n) is 5.07. The number of nitrogens with zero attached hydrogens (tertiary/aromatic N) is 3. The number of aromatic nitrogens is 1. The summed E-state index contributed by atoms with van der Waals surface area (Å²) in [4.78, 5) is 45.0. The molecule has 0 saturated carbocycles. The molecule has 0 aliphatic carbocycles. The minimum absolute atomic E-state index is 0.299. The summed E-state index contributed by atoms with van der Waals surface area (Å²) in [5.41, 5.74) is 0.883. The number of pyridine rings is 1. The third-order valence-corrected chi connectivity index (χ3v) is 5.07. The normalized spacial score (nSPS) is 14.9. The van der Waals surface area contributed by atoms with Gasteiger partial charge in [-0.3, -0.25) is 9.59 Å². The second kappa shape index (κ2) is 10.3. The van der Waals surface area contributed by atoms with E-state index in [0.717, 1.165) is 5.69 Å². The fraction of sp³-hybridized carbons (Fsp3) is 0.417. The molecule has 1 aliphatic heterocycles. The number of nitrogens with one attached hydrogen (secondary N) is 2. The molecule has 0 bridgehead atoms. The van der Waals surface area contributed by atoms with E-state index in [0.29, 0.717) is 37.6 Å². The number of piperazine rings is 1. The van der Waals surface area contributed by atoms with Crippen molar-refractivity contribution in [3.05, 3.63) is 54.2 Å². The van der Waals surface area contributed by atoms with Crippen molar-refractivity contribution in [3.63, 3.8) is 0 Å². The van der Waals surface area contributed by atoms with Crippen LogP contribution in [-0.2, 0) is 9.53 Å². The van der Waals surface area contributed by atoms with Gasteiger partial charge in [0.15, 0.2) is 0 Å². The third kappa shape index (κ3) is 6.93. The van der Waals surface area contributed by atoms with E-state index in [1.54, 1.807) is 48.4 Å². The van der Waals surface area contributed by atoms with E-state index in [1.165, 1.54) is 0 Å². The Balaban J connectivity index is 1.48. The first-order valence-electron chi connectivity index (χ1n) is 11.0. The van der Waals surface area contributed by atoms with Gasteiger partial charge in [0.25, 0.3) is 5.91 Å². The van der Waals surface area contributed by atoms with Crippen molar-refractivity contribution >= 4 is 29.4 Å². The molecule has 9 nitrogen and oxygen atoms in total. The Morgan fingerprint density at radius 3 is 2.24 bits per heavy atom. The number of hydrogen-bond acceptors (Lipinski definition) is 6. The lowest BCUT2D eigenvalue weighted by Crippen LogP contribution is -2.50. The topological polar surface area (TPSA) is 104 Å². The lowest BCUT2D eigenvalue weighted by atomic mass is 10.2. The molecular weight excluding hydrogens is 422 g/mol. The highest BCUT2D eigenvalue weighted by atomic mass is 16.6. The molecule has 1 fully saturated rings. The number of hydrogen-bond donors (Lipinski definition) is 2. The average Bonchev–Trinajstić information content (AvgIpc) is 2.79. The fourth-order valence-electron chi connectivity index (χ4n) is 3.29. The van der Waals surface area contributed by atoms with E-state index >= 15 is 0 Å². The molecule has 176 valence electrons. The van der Waals surface area contributed by atoms with Crippen LogP contribution in [0.15, 0.2) is 48.7 Å². The van der Waals surface area contributed by atoms with Gasteiger partial charge in [0, 0.05) is 31.7 Å². The number of ether oxygens (including phenoxy) is 1. The molecule has 3 amide bonds. The minimum atomic E-state index is -0.722. The molecule has 0 spiro atoms. The lowest BCUT2D eigenvalue weighted by molar-refractivity contribution is -0.117. The van der Waals surface area contributed by atoms with Crippen molar-refractivity contribution in [3.8, 4) is 0 Å². The van der Waals surface area contributed by atoms with Crippen molar-refractivity contribution in [2.24, 2.45) is 0 Å². The van der Waals surface area contributed by atoms with E-state index in [-0.39, 0.29) is 17.9 Å². The monoisotopic (exact) mass is 453 g/mol. The second-order valence-electron chi connectivity index (χ2n) is 8.91. The smallest absolute Gasteiger partial charge is 0.410 e. The Kier molecular flexibility index (Phi) is 7.52. The molecule has 2 heterocycles. The molecule has 9 heteroatoms. The molecule has 1 atom stereocenters. The van der Waals surface area contributed by atoms with Gasteiger partial charge in [-0.1, -0.05) is 18.2 Å². The number of benzene rings is 1. The molecule has 0 radical (unpaired) electrons. The van der Waals surface area contributed by atoms with Crippen molar-refractivity contribution in [1.29, 1.82) is 0 Å². The van der Waals surface area contributed by atoms with E-state index in [2.05, 4.69) is 20.5 Å². The van der Waals surface area contributed by atoms with Crippen LogP contribution in [0.2, 0.25) is 0 Å². The first kappa shape index (κ1) is 24.0. The number of anilines is 2. The predicted octanol–water partition coefficient (Wildman–Crippen LogP) is 2.90. The Hall–Kier alpha value is -3.62. The van der Waals surface area contributed by atoms with Gasteiger partial charge in [-0.25, -0.2) is 9.78 Å². The fourth-order valence-corrected chi connectivity index (χ4v) is 3.29. The first-order chi connectivity index (χ1) is 15.6. The zero-order chi connectivity index (χ0) is 24.0. The van der Waals surface area contributed by atoms with E-state index < -0.39 is 11.6 Å². The largest absolute Gasteiger partial charge is 0.444 e. The van der Waals surface area contributed by atoms with Crippen LogP contribution in [0.5, 0.6) is 0 Å². The van der Waals surface area contributed by atoms with Crippen LogP contribution in [0.25, 0.3) is 0 Å². The summed E-state index contributed by atoms with van der Waals surface area (Å²) in [7, 11) is 0. The summed E-state index contributed by atoms with van der Waals surface area (Å²) in [6.07, 6.45) is 1.39. The van der Waals surface area contributed by atoms with Gasteiger partial charge in [0.05, 0.1) is 11.9 Å². The number of rotatable bonds is 5. The maximum Gasteiger partial charge on any atom is 0.410 e. The van der Waals surface area contributed by atoms with Crippen LogP contribution in [-0.4, -0.2) is 65.6 Å². The van der Waals surface area contributed by atoms with Crippen LogP contribution in [0, 0.1) is 0 Å². The molecule has 1 unspecified atom stereocenters. The molecule has 1 aromatic carbocycles. The van der Waals surface area contributed by atoms with Crippen LogP contribution >= 0.6 is 0 Å². The SMILES string of the molecule is CC(NC(=O)c1ccccc1)C(=O)Nc1ccc(N2CCN(C(=O)OC(C)(C)C)CC2)cn1. The van der Waals surface area contributed by atoms with Gasteiger partial charge in [-0.2, -0.15) is 0 Å². The zero-order valence-electron chi connectivity index (χ0n) is 19.5. The Labute approximate surface area is 194 Å². The Morgan fingerprint density at radius 2 is 1.67 bits per heavy atom. The summed E-state index contributed by atoms with van der Waals surface area (Å²) in [5, 5.41) is 5.40. The lowest BCUT2D eigenvalue weighted by Gasteiger charge is -2.36. The highest BCUT2D eigenvalue weighted by Crippen LogP contribution is 2.19. The van der Waals surface area contributed by atoms with E-state index in [4.69, 9.17) is 4.74 Å². The Morgan fingerprint density at radius 1 is 1.00 bits per heavy atom. The summed E-state index contributed by atoms with van der Waals surface area (Å²) in [6, 6.07) is 11.6. The molecule has 1 aliphatic rings. The summed E-state index contributed by atoms with van der Waals surface area (Å²) in [6.45, 7) is 9.62. The van der Waals surface area contributed by atoms with Gasteiger partial charge in [0.1, 0.15) is 17.5 Å². The summed E-state index contributed by atoms with van der Waals surface area (Å²) < 4.78 is 5.43. The molecular formula is C24H31N5O4. The number of carbonyl (C=O) groups is 3. The molecule has 3 rings (SSSR count). The Bertz CT molecular complexity index is 965. The number of carbonyl (C=O) groups excluding carboxylic acids is 3. The zero-order valence-corrected chi connectivity index (χ0v) is 19.5. The number of amides is 3. The van der Waals surface area contributed by atoms with Gasteiger partial charge >= 0.3 is 6.09 Å². The standard InChI is InChI=1S/C24H31N5O4/c1-17(26-22(31)18-8-6-5-7-9-18)21(30)27-20-11-10-19(16-25-20)28-12-14-29(15-13-28)23(32)33-24(2,3)4/h5-11,16-17H,12-15H2,1-4H3,(H,26,31)(H,25,27,30). The van der Waals surface area contributed by atoms with Crippen molar-refractivity contribution in [2.75, 3.05) is 36.4 Å². The van der Waals surface area contributed by atoms with Gasteiger partial charge < -0.3 is 25.2 Å². The molecule has 1 aromatic heterocycles. The maximum absolute atomic E-state index is 12.4. The van der Waals surface area contributed by atoms with Crippen molar-refractivity contribution in [1.82, 2.24) is 15.2 Å². The molecule has 1 saturated heterocycles. The predicted molar refractivity (Wildman–Crippen MR) is 126 cm³/mol. The highest BCUT2D eigenvalue weighted by Gasteiger charge is 2.26. The average molecular weight is 454 g/mol. The van der Waals surface area contributed by atoms with Crippen LogP contribution in [0.4, 0.5) is 16.3 Å². The minimum Gasteiger partial charge on any atom is -0.444 e. The van der Waals surface area contributed by atoms with E-state index in [1.807, 2.05) is 32.9 Å². The molecule has 2 aromatic rings. The van der Waals surface area contributed by atoms with Gasteiger partial charge in [-0.05, 0) is 52.0 Å². The van der Waals surface area contributed by atoms with Gasteiger partial charge in [0.2, 0.25) is 5.91 Å². The summed E-state index contributed by atoms with van der Waals surface area (Å²) >= 11 is 0. The molecule has 2 N–H and O–H groups in total.